The highest BCUT2D eigenvalue weighted by molar-refractivity contribution is 5.81. The van der Waals surface area contributed by atoms with Gasteiger partial charge in [0, 0.05) is 13.1 Å². The van der Waals surface area contributed by atoms with Crippen LogP contribution in [0.15, 0.2) is 48.5 Å². The van der Waals surface area contributed by atoms with Crippen LogP contribution in [-0.2, 0) is 9.53 Å². The van der Waals surface area contributed by atoms with Crippen LogP contribution >= 0.6 is 0 Å². The zero-order valence-electron chi connectivity index (χ0n) is 15.0. The Labute approximate surface area is 153 Å². The number of hydrogen-bond acceptors (Lipinski definition) is 6. The van der Waals surface area contributed by atoms with Crippen LogP contribution < -0.4 is 14.2 Å². The molecule has 2 aromatic carbocycles. The molecule has 6 nitrogen and oxygen atoms in total. The number of nitrogens with zero attached hydrogens (tertiary/aromatic N) is 1. The molecule has 0 N–H and O–H groups in total. The topological polar surface area (TPSA) is 57.2 Å². The van der Waals surface area contributed by atoms with E-state index >= 15 is 0 Å². The van der Waals surface area contributed by atoms with E-state index in [0.717, 1.165) is 5.56 Å². The van der Waals surface area contributed by atoms with E-state index in [9.17, 15) is 4.79 Å². The van der Waals surface area contributed by atoms with Gasteiger partial charge >= 0.3 is 5.97 Å². The summed E-state index contributed by atoms with van der Waals surface area (Å²) >= 11 is 0. The van der Waals surface area contributed by atoms with E-state index in [1.165, 1.54) is 14.2 Å². The number of carbonyl (C=O) groups is 1. The minimum Gasteiger partial charge on any atom is -0.493 e. The molecule has 6 heteroatoms. The number of esters is 1. The van der Waals surface area contributed by atoms with Crippen molar-refractivity contribution in [1.29, 1.82) is 0 Å². The van der Waals surface area contributed by atoms with E-state index in [2.05, 4.69) is 4.90 Å². The van der Waals surface area contributed by atoms with Crippen LogP contribution in [0, 0.1) is 0 Å². The molecule has 26 heavy (non-hydrogen) atoms. The number of methoxy groups -OCH3 is 2. The molecule has 138 valence electrons. The molecule has 1 fully saturated rings. The Morgan fingerprint density at radius 2 is 1.58 bits per heavy atom. The fraction of sp³-hybridized carbons (Fsp3) is 0.350. The molecule has 1 heterocycles. The van der Waals surface area contributed by atoms with Crippen molar-refractivity contribution in [3.63, 3.8) is 0 Å². The zero-order chi connectivity index (χ0) is 18.4. The molecule has 1 saturated heterocycles. The molecule has 0 saturated carbocycles. The third-order valence-electron chi connectivity index (χ3n) is 4.33. The lowest BCUT2D eigenvalue weighted by atomic mass is 10.0. The molecule has 0 radical (unpaired) electrons. The second-order valence-corrected chi connectivity index (χ2v) is 5.87. The predicted octanol–water partition coefficient (Wildman–Crippen LogP) is 2.68. The highest BCUT2D eigenvalue weighted by Gasteiger charge is 2.32. The maximum atomic E-state index is 13.1. The summed E-state index contributed by atoms with van der Waals surface area (Å²) in [4.78, 5) is 15.2. The van der Waals surface area contributed by atoms with Crippen LogP contribution in [0.25, 0.3) is 0 Å². The van der Waals surface area contributed by atoms with Crippen molar-refractivity contribution in [2.45, 2.75) is 6.04 Å². The van der Waals surface area contributed by atoms with Crippen molar-refractivity contribution in [2.75, 3.05) is 40.5 Å². The number of morpholine rings is 1. The van der Waals surface area contributed by atoms with Crippen molar-refractivity contribution >= 4 is 5.97 Å². The van der Waals surface area contributed by atoms with Crippen LogP contribution in [0.4, 0.5) is 0 Å². The third-order valence-corrected chi connectivity index (χ3v) is 4.33. The molecule has 2 aromatic rings. The van der Waals surface area contributed by atoms with Crippen molar-refractivity contribution in [2.24, 2.45) is 0 Å². The van der Waals surface area contributed by atoms with E-state index in [4.69, 9.17) is 18.9 Å². The Morgan fingerprint density at radius 1 is 0.962 bits per heavy atom. The van der Waals surface area contributed by atoms with Gasteiger partial charge in [-0.05, 0) is 17.7 Å². The summed E-state index contributed by atoms with van der Waals surface area (Å²) in [6.45, 7) is 2.51. The van der Waals surface area contributed by atoms with Gasteiger partial charge in [-0.2, -0.15) is 0 Å². The lowest BCUT2D eigenvalue weighted by Gasteiger charge is -2.33. The number of hydrogen-bond donors (Lipinski definition) is 0. The van der Waals surface area contributed by atoms with Gasteiger partial charge in [0.15, 0.2) is 11.5 Å². The van der Waals surface area contributed by atoms with Crippen LogP contribution in [0.1, 0.15) is 11.6 Å². The Hall–Kier alpha value is -2.57. The number of carbonyl (C=O) groups excluding carboxylic acids is 1. The number of para-hydroxylation sites is 1. The van der Waals surface area contributed by atoms with Crippen molar-refractivity contribution in [1.82, 2.24) is 4.90 Å². The van der Waals surface area contributed by atoms with Gasteiger partial charge in [0.25, 0.3) is 0 Å². The molecular weight excluding hydrogens is 334 g/mol. The van der Waals surface area contributed by atoms with E-state index < -0.39 is 6.04 Å². The molecule has 0 aromatic heterocycles. The molecule has 0 bridgehead atoms. The molecule has 1 atom stereocenters. The monoisotopic (exact) mass is 357 g/mol. The lowest BCUT2D eigenvalue weighted by Crippen LogP contribution is -2.43. The molecule has 0 aliphatic carbocycles. The van der Waals surface area contributed by atoms with Crippen LogP contribution in [0.3, 0.4) is 0 Å². The summed E-state index contributed by atoms with van der Waals surface area (Å²) in [7, 11) is 3.06. The van der Waals surface area contributed by atoms with E-state index in [-0.39, 0.29) is 11.7 Å². The standard InChI is InChI=1S/C20H23NO5/c1-23-16-9-6-10-17(24-2)19(16)26-20(22)18(15-7-4-3-5-8-15)21-11-13-25-14-12-21/h3-10,18H,11-14H2,1-2H3/t18-/m1/s1. The zero-order valence-corrected chi connectivity index (χ0v) is 15.0. The van der Waals surface area contributed by atoms with Crippen molar-refractivity contribution in [3.8, 4) is 17.2 Å². The van der Waals surface area contributed by atoms with Crippen LogP contribution in [-0.4, -0.2) is 51.4 Å². The summed E-state index contributed by atoms with van der Waals surface area (Å²) in [6.07, 6.45) is 0. The van der Waals surface area contributed by atoms with Gasteiger partial charge in [0.1, 0.15) is 6.04 Å². The molecule has 0 amide bonds. The number of rotatable bonds is 6. The second-order valence-electron chi connectivity index (χ2n) is 5.87. The van der Waals surface area contributed by atoms with Gasteiger partial charge in [-0.3, -0.25) is 4.90 Å². The van der Waals surface area contributed by atoms with Gasteiger partial charge < -0.3 is 18.9 Å². The quantitative estimate of drug-likeness (QED) is 0.585. The second kappa shape index (κ2) is 8.69. The predicted molar refractivity (Wildman–Crippen MR) is 96.8 cm³/mol. The van der Waals surface area contributed by atoms with E-state index in [1.807, 2.05) is 30.3 Å². The first-order chi connectivity index (χ1) is 12.7. The Morgan fingerprint density at radius 3 is 2.15 bits per heavy atom. The first-order valence-corrected chi connectivity index (χ1v) is 8.54. The highest BCUT2D eigenvalue weighted by Crippen LogP contribution is 2.38. The Bertz CT molecular complexity index is 706. The molecular formula is C20H23NO5. The molecule has 1 aliphatic rings. The minimum absolute atomic E-state index is 0.289. The average Bonchev–Trinajstić information content (AvgIpc) is 2.70. The van der Waals surface area contributed by atoms with Gasteiger partial charge in [-0.1, -0.05) is 36.4 Å². The van der Waals surface area contributed by atoms with E-state index in [1.54, 1.807) is 18.2 Å². The van der Waals surface area contributed by atoms with Gasteiger partial charge in [0.05, 0.1) is 27.4 Å². The molecule has 0 unspecified atom stereocenters. The summed E-state index contributed by atoms with van der Waals surface area (Å²) < 4.78 is 21.8. The van der Waals surface area contributed by atoms with Crippen LogP contribution in [0.5, 0.6) is 17.2 Å². The van der Waals surface area contributed by atoms with Crippen molar-refractivity contribution in [3.05, 3.63) is 54.1 Å². The first-order valence-electron chi connectivity index (χ1n) is 8.54. The lowest BCUT2D eigenvalue weighted by molar-refractivity contribution is -0.142. The minimum atomic E-state index is -0.519. The average molecular weight is 357 g/mol. The Balaban J connectivity index is 1.91. The van der Waals surface area contributed by atoms with Gasteiger partial charge in [0.2, 0.25) is 5.75 Å². The SMILES string of the molecule is COc1cccc(OC)c1OC(=O)[C@@H](c1ccccc1)N1CCOCC1. The summed E-state index contributed by atoms with van der Waals surface area (Å²) in [5, 5.41) is 0. The van der Waals surface area contributed by atoms with Crippen LogP contribution in [0.2, 0.25) is 0 Å². The summed E-state index contributed by atoms with van der Waals surface area (Å²) in [5.41, 5.74) is 0.883. The summed E-state index contributed by atoms with van der Waals surface area (Å²) in [6, 6.07) is 14.4. The Kier molecular flexibility index (Phi) is 6.09. The molecule has 1 aliphatic heterocycles. The normalized spacial score (nSPS) is 15.9. The van der Waals surface area contributed by atoms with Gasteiger partial charge in [-0.15, -0.1) is 0 Å². The fourth-order valence-corrected chi connectivity index (χ4v) is 3.04. The fourth-order valence-electron chi connectivity index (χ4n) is 3.04. The highest BCUT2D eigenvalue weighted by atomic mass is 16.6. The number of benzene rings is 2. The maximum absolute atomic E-state index is 13.1. The molecule has 0 spiro atoms. The first kappa shape index (κ1) is 18.2. The van der Waals surface area contributed by atoms with E-state index in [0.29, 0.717) is 37.8 Å². The number of ether oxygens (including phenoxy) is 4. The summed E-state index contributed by atoms with van der Waals surface area (Å²) in [5.74, 6) is 0.815. The van der Waals surface area contributed by atoms with Crippen molar-refractivity contribution < 1.29 is 23.7 Å². The third kappa shape index (κ3) is 3.98. The van der Waals surface area contributed by atoms with Gasteiger partial charge in [-0.25, -0.2) is 4.79 Å². The maximum Gasteiger partial charge on any atom is 0.333 e. The largest absolute Gasteiger partial charge is 0.493 e. The molecule has 3 rings (SSSR count). The smallest absolute Gasteiger partial charge is 0.333 e.